The molecule has 5 heteroatoms. The van der Waals surface area contributed by atoms with Gasteiger partial charge in [-0.2, -0.15) is 13.2 Å². The molecule has 0 radical (unpaired) electrons. The number of alkyl halides is 3. The summed E-state index contributed by atoms with van der Waals surface area (Å²) in [7, 11) is 0. The summed E-state index contributed by atoms with van der Waals surface area (Å²) < 4.78 is 37.3. The molecule has 0 aliphatic carbocycles. The summed E-state index contributed by atoms with van der Waals surface area (Å²) in [5, 5.41) is 0. The zero-order valence-electron chi connectivity index (χ0n) is 8.57. The van der Waals surface area contributed by atoms with Gasteiger partial charge in [0.15, 0.2) is 0 Å². The van der Waals surface area contributed by atoms with Crippen molar-refractivity contribution in [2.45, 2.75) is 25.9 Å². The molecule has 1 rings (SSSR count). The van der Waals surface area contributed by atoms with Crippen LogP contribution in [0.1, 0.15) is 24.5 Å². The van der Waals surface area contributed by atoms with Crippen LogP contribution < -0.4 is 0 Å². The predicted molar refractivity (Wildman–Crippen MR) is 58.1 cm³/mol. The van der Waals surface area contributed by atoms with Gasteiger partial charge in [0.25, 0.3) is 0 Å². The molecular formula is C11H10BrF3O. The number of rotatable bonds is 3. The first-order valence-electron chi connectivity index (χ1n) is 4.72. The van der Waals surface area contributed by atoms with Crippen molar-refractivity contribution in [2.75, 3.05) is 0 Å². The van der Waals surface area contributed by atoms with E-state index in [4.69, 9.17) is 0 Å². The van der Waals surface area contributed by atoms with E-state index >= 15 is 0 Å². The van der Waals surface area contributed by atoms with Crippen molar-refractivity contribution in [3.63, 3.8) is 0 Å². The molecule has 0 aromatic heterocycles. The Kier molecular flexibility index (Phi) is 4.13. The molecule has 0 saturated carbocycles. The Morgan fingerprint density at radius 1 is 1.38 bits per heavy atom. The van der Waals surface area contributed by atoms with E-state index in [9.17, 15) is 18.0 Å². The van der Waals surface area contributed by atoms with Crippen molar-refractivity contribution in [2.24, 2.45) is 0 Å². The molecule has 0 heterocycles. The van der Waals surface area contributed by atoms with E-state index in [2.05, 4.69) is 15.9 Å². The van der Waals surface area contributed by atoms with Crippen LogP contribution in [0.5, 0.6) is 0 Å². The monoisotopic (exact) mass is 294 g/mol. The van der Waals surface area contributed by atoms with Crippen LogP contribution in [-0.4, -0.2) is 5.78 Å². The molecule has 0 unspecified atom stereocenters. The van der Waals surface area contributed by atoms with Gasteiger partial charge in [0.05, 0.1) is 5.56 Å². The topological polar surface area (TPSA) is 17.1 Å². The summed E-state index contributed by atoms with van der Waals surface area (Å²) in [5.41, 5.74) is -0.132. The van der Waals surface area contributed by atoms with Gasteiger partial charge in [0, 0.05) is 17.3 Å². The molecular weight excluding hydrogens is 285 g/mol. The average molecular weight is 295 g/mol. The minimum absolute atomic E-state index is 0.000425. The van der Waals surface area contributed by atoms with Crippen molar-refractivity contribution in [3.05, 3.63) is 33.8 Å². The summed E-state index contributed by atoms with van der Waals surface area (Å²) in [6.07, 6.45) is -3.81. The van der Waals surface area contributed by atoms with Gasteiger partial charge in [-0.3, -0.25) is 4.79 Å². The lowest BCUT2D eigenvalue weighted by atomic mass is 10.1. The normalized spacial score (nSPS) is 11.6. The van der Waals surface area contributed by atoms with Crippen LogP contribution >= 0.6 is 15.9 Å². The van der Waals surface area contributed by atoms with Crippen LogP contribution in [0.4, 0.5) is 13.2 Å². The van der Waals surface area contributed by atoms with Gasteiger partial charge in [0.1, 0.15) is 5.78 Å². The minimum atomic E-state index is -4.35. The second kappa shape index (κ2) is 4.99. The van der Waals surface area contributed by atoms with E-state index in [0.29, 0.717) is 16.5 Å². The summed E-state index contributed by atoms with van der Waals surface area (Å²) >= 11 is 3.05. The van der Waals surface area contributed by atoms with Crippen molar-refractivity contribution in [1.29, 1.82) is 0 Å². The third-order valence-electron chi connectivity index (χ3n) is 2.16. The molecule has 88 valence electrons. The second-order valence-electron chi connectivity index (χ2n) is 3.37. The maximum atomic E-state index is 12.3. The lowest BCUT2D eigenvalue weighted by Crippen LogP contribution is -2.06. The number of Topliss-reactive ketones (excluding diaryl/α,β-unsaturated/α-hetero) is 1. The van der Waals surface area contributed by atoms with E-state index in [-0.39, 0.29) is 12.2 Å². The quantitative estimate of drug-likeness (QED) is 0.824. The molecule has 0 spiro atoms. The van der Waals surface area contributed by atoms with Crippen molar-refractivity contribution in [3.8, 4) is 0 Å². The highest BCUT2D eigenvalue weighted by Crippen LogP contribution is 2.32. The molecule has 16 heavy (non-hydrogen) atoms. The smallest absolute Gasteiger partial charge is 0.299 e. The molecule has 0 aliphatic rings. The number of halogens is 4. The maximum absolute atomic E-state index is 12.3. The lowest BCUT2D eigenvalue weighted by Gasteiger charge is -2.09. The van der Waals surface area contributed by atoms with Crippen molar-refractivity contribution >= 4 is 21.7 Å². The number of ketones is 1. The molecule has 0 amide bonds. The highest BCUT2D eigenvalue weighted by Gasteiger charge is 2.30. The molecule has 1 aromatic rings. The van der Waals surface area contributed by atoms with Gasteiger partial charge in [-0.1, -0.05) is 28.9 Å². The van der Waals surface area contributed by atoms with Crippen molar-refractivity contribution < 1.29 is 18.0 Å². The first-order chi connectivity index (χ1) is 7.34. The fourth-order valence-corrected chi connectivity index (χ4v) is 1.72. The van der Waals surface area contributed by atoms with Crippen LogP contribution in [0.25, 0.3) is 0 Å². The Hall–Kier alpha value is -0.840. The summed E-state index contributed by atoms with van der Waals surface area (Å²) in [6, 6.07) is 3.32. The number of benzene rings is 1. The van der Waals surface area contributed by atoms with Crippen LogP contribution in [0, 0.1) is 0 Å². The van der Waals surface area contributed by atoms with Crippen LogP contribution in [0.15, 0.2) is 22.7 Å². The zero-order valence-corrected chi connectivity index (χ0v) is 10.2. The van der Waals surface area contributed by atoms with Crippen LogP contribution in [0.3, 0.4) is 0 Å². The number of hydrogen-bond donors (Lipinski definition) is 0. The van der Waals surface area contributed by atoms with E-state index in [1.807, 2.05) is 0 Å². The molecule has 0 fully saturated rings. The van der Waals surface area contributed by atoms with E-state index in [1.54, 1.807) is 6.92 Å². The van der Waals surface area contributed by atoms with Crippen LogP contribution in [-0.2, 0) is 17.4 Å². The highest BCUT2D eigenvalue weighted by molar-refractivity contribution is 9.10. The first-order valence-corrected chi connectivity index (χ1v) is 5.51. The summed E-state index contributed by atoms with van der Waals surface area (Å²) in [6.45, 7) is 1.72. The SMILES string of the molecule is CCC(=O)Cc1ccc(C(F)(F)F)cc1Br. The molecule has 0 atom stereocenters. The summed E-state index contributed by atoms with van der Waals surface area (Å²) in [5.74, 6) is 0.000425. The zero-order chi connectivity index (χ0) is 12.3. The van der Waals surface area contributed by atoms with Crippen molar-refractivity contribution in [1.82, 2.24) is 0 Å². The fraction of sp³-hybridized carbons (Fsp3) is 0.364. The largest absolute Gasteiger partial charge is 0.416 e. The van der Waals surface area contributed by atoms with Gasteiger partial charge >= 0.3 is 6.18 Å². The standard InChI is InChI=1S/C11H10BrF3O/c1-2-9(16)5-7-3-4-8(6-10(7)12)11(13,14)15/h3-4,6H,2,5H2,1H3. The molecule has 0 N–H and O–H groups in total. The number of carbonyl (C=O) groups excluding carboxylic acids is 1. The highest BCUT2D eigenvalue weighted by atomic mass is 79.9. The average Bonchev–Trinajstić information content (AvgIpc) is 2.19. The van der Waals surface area contributed by atoms with E-state index < -0.39 is 11.7 Å². The lowest BCUT2D eigenvalue weighted by molar-refractivity contribution is -0.137. The van der Waals surface area contributed by atoms with Gasteiger partial charge in [0.2, 0.25) is 0 Å². The first kappa shape index (κ1) is 13.2. The molecule has 1 aromatic carbocycles. The fourth-order valence-electron chi connectivity index (χ4n) is 1.20. The van der Waals surface area contributed by atoms with E-state index in [0.717, 1.165) is 12.1 Å². The molecule has 1 nitrogen and oxygen atoms in total. The Morgan fingerprint density at radius 3 is 2.44 bits per heavy atom. The second-order valence-corrected chi connectivity index (χ2v) is 4.23. The third kappa shape index (κ3) is 3.33. The third-order valence-corrected chi connectivity index (χ3v) is 2.90. The maximum Gasteiger partial charge on any atom is 0.416 e. The molecule has 0 bridgehead atoms. The van der Waals surface area contributed by atoms with E-state index in [1.165, 1.54) is 6.07 Å². The number of carbonyl (C=O) groups is 1. The molecule has 0 aliphatic heterocycles. The Morgan fingerprint density at radius 2 is 2.00 bits per heavy atom. The Bertz CT molecular complexity index is 399. The number of hydrogen-bond acceptors (Lipinski definition) is 1. The predicted octanol–water partition coefficient (Wildman–Crippen LogP) is 3.99. The van der Waals surface area contributed by atoms with Gasteiger partial charge in [-0.05, 0) is 17.7 Å². The molecule has 0 saturated heterocycles. The Balaban J connectivity index is 2.96. The van der Waals surface area contributed by atoms with Gasteiger partial charge in [-0.15, -0.1) is 0 Å². The summed E-state index contributed by atoms with van der Waals surface area (Å²) in [4.78, 5) is 11.2. The van der Waals surface area contributed by atoms with Gasteiger partial charge < -0.3 is 0 Å². The van der Waals surface area contributed by atoms with Gasteiger partial charge in [-0.25, -0.2) is 0 Å². The Labute approximate surface area is 99.8 Å². The van der Waals surface area contributed by atoms with Crippen LogP contribution in [0.2, 0.25) is 0 Å². The minimum Gasteiger partial charge on any atom is -0.299 e.